The molecule has 2 aromatic carbocycles. The van der Waals surface area contributed by atoms with Gasteiger partial charge in [0.2, 0.25) is 5.91 Å². The number of anilines is 1. The Morgan fingerprint density at radius 2 is 1.84 bits per heavy atom. The maximum absolute atomic E-state index is 12.8. The zero-order valence-electron chi connectivity index (χ0n) is 19.0. The molecular formula is C27H32N4O. The van der Waals surface area contributed by atoms with Crippen LogP contribution in [0.2, 0.25) is 0 Å². The van der Waals surface area contributed by atoms with E-state index in [4.69, 9.17) is 0 Å². The third kappa shape index (κ3) is 5.72. The van der Waals surface area contributed by atoms with Crippen molar-refractivity contribution in [3.63, 3.8) is 0 Å². The molecule has 0 saturated carbocycles. The summed E-state index contributed by atoms with van der Waals surface area (Å²) >= 11 is 0. The summed E-state index contributed by atoms with van der Waals surface area (Å²) in [7, 11) is 0. The standard InChI is InChI=1S/C27H32N4O/c1-20-7-6-10-24(17-20)25-18-26(29-19-28-25)31-15-13-23(14-16-31)27(32)30-21(2)11-12-22-8-4-3-5-9-22/h3-10,17-19,21,23H,11-16H2,1-2H3,(H,30,32). The number of nitrogens with one attached hydrogen (secondary N) is 1. The van der Waals surface area contributed by atoms with E-state index in [1.807, 2.05) is 6.07 Å². The summed E-state index contributed by atoms with van der Waals surface area (Å²) in [5.41, 5.74) is 4.57. The van der Waals surface area contributed by atoms with E-state index in [2.05, 4.69) is 88.6 Å². The summed E-state index contributed by atoms with van der Waals surface area (Å²) < 4.78 is 0. The molecule has 0 radical (unpaired) electrons. The number of aryl methyl sites for hydroxylation is 2. The van der Waals surface area contributed by atoms with Crippen molar-refractivity contribution in [1.82, 2.24) is 15.3 Å². The van der Waals surface area contributed by atoms with Gasteiger partial charge in [-0.3, -0.25) is 4.79 Å². The second-order valence-corrected chi connectivity index (χ2v) is 8.83. The van der Waals surface area contributed by atoms with Gasteiger partial charge < -0.3 is 10.2 Å². The number of benzene rings is 2. The van der Waals surface area contributed by atoms with Gasteiger partial charge in [-0.05, 0) is 51.2 Å². The Hall–Kier alpha value is -3.21. The van der Waals surface area contributed by atoms with Crippen LogP contribution in [0.25, 0.3) is 11.3 Å². The summed E-state index contributed by atoms with van der Waals surface area (Å²) in [6.45, 7) is 5.86. The molecule has 2 heterocycles. The molecule has 1 aliphatic rings. The van der Waals surface area contributed by atoms with E-state index in [1.54, 1.807) is 6.33 Å². The summed E-state index contributed by atoms with van der Waals surface area (Å²) in [4.78, 5) is 24.0. The first-order chi connectivity index (χ1) is 15.6. The largest absolute Gasteiger partial charge is 0.356 e. The average molecular weight is 429 g/mol. The number of rotatable bonds is 7. The summed E-state index contributed by atoms with van der Waals surface area (Å²) in [5.74, 6) is 1.20. The molecule has 1 N–H and O–H groups in total. The van der Waals surface area contributed by atoms with Gasteiger partial charge in [0.25, 0.3) is 0 Å². The molecule has 166 valence electrons. The Morgan fingerprint density at radius 3 is 2.59 bits per heavy atom. The summed E-state index contributed by atoms with van der Waals surface area (Å²) in [5, 5.41) is 3.23. The van der Waals surface area contributed by atoms with Crippen LogP contribution in [0.5, 0.6) is 0 Å². The molecule has 1 fully saturated rings. The molecule has 1 aliphatic heterocycles. The van der Waals surface area contributed by atoms with Gasteiger partial charge in [-0.2, -0.15) is 0 Å². The van der Waals surface area contributed by atoms with Gasteiger partial charge in [0.05, 0.1) is 5.69 Å². The third-order valence-corrected chi connectivity index (χ3v) is 6.25. The molecular weight excluding hydrogens is 396 g/mol. The SMILES string of the molecule is Cc1cccc(-c2cc(N3CCC(C(=O)NC(C)CCc4ccccc4)CC3)ncn2)c1. The van der Waals surface area contributed by atoms with E-state index in [9.17, 15) is 4.79 Å². The van der Waals surface area contributed by atoms with E-state index in [-0.39, 0.29) is 17.9 Å². The maximum atomic E-state index is 12.8. The molecule has 1 saturated heterocycles. The predicted molar refractivity (Wildman–Crippen MR) is 130 cm³/mol. The highest BCUT2D eigenvalue weighted by atomic mass is 16.1. The Bertz CT molecular complexity index is 1030. The average Bonchev–Trinajstić information content (AvgIpc) is 2.83. The second kappa shape index (κ2) is 10.4. The van der Waals surface area contributed by atoms with Crippen molar-refractivity contribution in [1.29, 1.82) is 0 Å². The van der Waals surface area contributed by atoms with E-state index in [1.165, 1.54) is 11.1 Å². The van der Waals surface area contributed by atoms with Gasteiger partial charge in [-0.1, -0.05) is 54.1 Å². The van der Waals surface area contributed by atoms with Gasteiger partial charge in [0.1, 0.15) is 12.1 Å². The first kappa shape index (κ1) is 22.0. The Morgan fingerprint density at radius 1 is 1.06 bits per heavy atom. The highest BCUT2D eigenvalue weighted by Crippen LogP contribution is 2.25. The molecule has 32 heavy (non-hydrogen) atoms. The van der Waals surface area contributed by atoms with E-state index in [0.717, 1.165) is 55.8 Å². The van der Waals surface area contributed by atoms with Crippen molar-refractivity contribution >= 4 is 11.7 Å². The van der Waals surface area contributed by atoms with E-state index in [0.29, 0.717) is 0 Å². The third-order valence-electron chi connectivity index (χ3n) is 6.25. The van der Waals surface area contributed by atoms with Crippen molar-refractivity contribution in [3.8, 4) is 11.3 Å². The number of carbonyl (C=O) groups is 1. The first-order valence-corrected chi connectivity index (χ1v) is 11.6. The number of aromatic nitrogens is 2. The lowest BCUT2D eigenvalue weighted by Crippen LogP contribution is -2.43. The number of carbonyl (C=O) groups excluding carboxylic acids is 1. The van der Waals surface area contributed by atoms with Crippen LogP contribution in [0.15, 0.2) is 67.0 Å². The van der Waals surface area contributed by atoms with Crippen LogP contribution in [0.1, 0.15) is 37.3 Å². The Kier molecular flexibility index (Phi) is 7.15. The maximum Gasteiger partial charge on any atom is 0.223 e. The quantitative estimate of drug-likeness (QED) is 0.587. The van der Waals surface area contributed by atoms with Crippen LogP contribution in [0.4, 0.5) is 5.82 Å². The minimum Gasteiger partial charge on any atom is -0.356 e. The number of hydrogen-bond acceptors (Lipinski definition) is 4. The van der Waals surface area contributed by atoms with Crippen LogP contribution >= 0.6 is 0 Å². The topological polar surface area (TPSA) is 58.1 Å². The summed E-state index contributed by atoms with van der Waals surface area (Å²) in [6, 6.07) is 21.0. The van der Waals surface area contributed by atoms with Gasteiger partial charge in [0.15, 0.2) is 0 Å². The number of amides is 1. The zero-order valence-corrected chi connectivity index (χ0v) is 19.0. The molecule has 0 bridgehead atoms. The highest BCUT2D eigenvalue weighted by molar-refractivity contribution is 5.79. The molecule has 3 aromatic rings. The molecule has 1 unspecified atom stereocenters. The predicted octanol–water partition coefficient (Wildman–Crippen LogP) is 4.81. The molecule has 4 rings (SSSR count). The summed E-state index contributed by atoms with van der Waals surface area (Å²) in [6.07, 6.45) is 5.28. The Balaban J connectivity index is 1.28. The van der Waals surface area contributed by atoms with Gasteiger partial charge in [0, 0.05) is 36.7 Å². The number of piperidine rings is 1. The smallest absolute Gasteiger partial charge is 0.223 e. The molecule has 1 amide bonds. The van der Waals surface area contributed by atoms with Crippen molar-refractivity contribution in [3.05, 3.63) is 78.1 Å². The van der Waals surface area contributed by atoms with Crippen molar-refractivity contribution in [2.75, 3.05) is 18.0 Å². The second-order valence-electron chi connectivity index (χ2n) is 8.83. The fourth-order valence-electron chi connectivity index (χ4n) is 4.31. The van der Waals surface area contributed by atoms with E-state index < -0.39 is 0 Å². The monoisotopic (exact) mass is 428 g/mol. The highest BCUT2D eigenvalue weighted by Gasteiger charge is 2.26. The molecule has 0 spiro atoms. The Labute approximate surface area is 190 Å². The number of hydrogen-bond donors (Lipinski definition) is 1. The van der Waals surface area contributed by atoms with Crippen LogP contribution < -0.4 is 10.2 Å². The van der Waals surface area contributed by atoms with Crippen LogP contribution in [-0.4, -0.2) is 35.0 Å². The minimum atomic E-state index is 0.0727. The first-order valence-electron chi connectivity index (χ1n) is 11.6. The minimum absolute atomic E-state index is 0.0727. The van der Waals surface area contributed by atoms with Gasteiger partial charge in [-0.25, -0.2) is 9.97 Å². The molecule has 5 heteroatoms. The van der Waals surface area contributed by atoms with E-state index >= 15 is 0 Å². The lowest BCUT2D eigenvalue weighted by Gasteiger charge is -2.32. The molecule has 1 aromatic heterocycles. The van der Waals surface area contributed by atoms with Crippen LogP contribution in [0, 0.1) is 12.8 Å². The zero-order chi connectivity index (χ0) is 22.3. The fourth-order valence-corrected chi connectivity index (χ4v) is 4.31. The van der Waals surface area contributed by atoms with Gasteiger partial charge >= 0.3 is 0 Å². The molecule has 0 aliphatic carbocycles. The lowest BCUT2D eigenvalue weighted by atomic mass is 9.95. The van der Waals surface area contributed by atoms with Gasteiger partial charge in [-0.15, -0.1) is 0 Å². The molecule has 5 nitrogen and oxygen atoms in total. The van der Waals surface area contributed by atoms with Crippen molar-refractivity contribution in [2.24, 2.45) is 5.92 Å². The van der Waals surface area contributed by atoms with Crippen LogP contribution in [0.3, 0.4) is 0 Å². The van der Waals surface area contributed by atoms with Crippen molar-refractivity contribution < 1.29 is 4.79 Å². The normalized spacial score (nSPS) is 15.4. The van der Waals surface area contributed by atoms with Crippen molar-refractivity contribution in [2.45, 2.75) is 45.6 Å². The molecule has 1 atom stereocenters. The van der Waals surface area contributed by atoms with Crippen LogP contribution in [-0.2, 0) is 11.2 Å². The lowest BCUT2D eigenvalue weighted by molar-refractivity contribution is -0.126. The fraction of sp³-hybridized carbons (Fsp3) is 0.370. The number of nitrogens with zero attached hydrogens (tertiary/aromatic N) is 3.